The highest BCUT2D eigenvalue weighted by Crippen LogP contribution is 2.20. The Labute approximate surface area is 126 Å². The zero-order valence-corrected chi connectivity index (χ0v) is 13.2. The standard InChI is InChI=1S/C13H16BrFN2OS/c1-3-17(7-8(2)12(16)19)13(18)9-5-4-6-10(14)11(9)15/h4-6,8H,3,7H2,1-2H3,(H2,16,19). The fraction of sp³-hybridized carbons (Fsp3) is 0.385. The molecule has 0 fully saturated rings. The molecular weight excluding hydrogens is 331 g/mol. The third-order valence-electron chi connectivity index (χ3n) is 2.83. The monoisotopic (exact) mass is 346 g/mol. The molecule has 0 radical (unpaired) electrons. The Morgan fingerprint density at radius 3 is 2.74 bits per heavy atom. The number of carbonyl (C=O) groups is 1. The lowest BCUT2D eigenvalue weighted by Gasteiger charge is -2.24. The topological polar surface area (TPSA) is 46.3 Å². The summed E-state index contributed by atoms with van der Waals surface area (Å²) < 4.78 is 14.2. The summed E-state index contributed by atoms with van der Waals surface area (Å²) in [5.41, 5.74) is 5.59. The molecule has 0 spiro atoms. The van der Waals surface area contributed by atoms with Gasteiger partial charge in [0.05, 0.1) is 15.0 Å². The molecule has 0 bridgehead atoms. The van der Waals surface area contributed by atoms with Crippen LogP contribution >= 0.6 is 28.1 Å². The molecule has 0 heterocycles. The number of rotatable bonds is 5. The minimum Gasteiger partial charge on any atom is -0.393 e. The highest BCUT2D eigenvalue weighted by Gasteiger charge is 2.21. The first-order valence-electron chi connectivity index (χ1n) is 5.91. The molecule has 1 rings (SSSR count). The molecule has 0 aliphatic rings. The van der Waals surface area contributed by atoms with Gasteiger partial charge in [-0.25, -0.2) is 4.39 Å². The molecule has 0 saturated heterocycles. The van der Waals surface area contributed by atoms with Crippen molar-refractivity contribution in [1.29, 1.82) is 0 Å². The van der Waals surface area contributed by atoms with E-state index in [0.29, 0.717) is 18.1 Å². The van der Waals surface area contributed by atoms with Crippen LogP contribution in [0.1, 0.15) is 24.2 Å². The Bertz CT molecular complexity index is 496. The highest BCUT2D eigenvalue weighted by molar-refractivity contribution is 9.10. The third-order valence-corrected chi connectivity index (χ3v) is 3.85. The second-order valence-electron chi connectivity index (χ2n) is 4.25. The number of hydrogen-bond donors (Lipinski definition) is 1. The summed E-state index contributed by atoms with van der Waals surface area (Å²) in [6, 6.07) is 4.65. The van der Waals surface area contributed by atoms with Gasteiger partial charge in [-0.1, -0.05) is 25.2 Å². The molecule has 104 valence electrons. The number of halogens is 2. The summed E-state index contributed by atoms with van der Waals surface area (Å²) in [6.45, 7) is 4.53. The molecule has 6 heteroatoms. The molecule has 0 aliphatic heterocycles. The summed E-state index contributed by atoms with van der Waals surface area (Å²) in [5.74, 6) is -1.01. The minimum absolute atomic E-state index is 0.0476. The predicted molar refractivity (Wildman–Crippen MR) is 81.6 cm³/mol. The molecule has 0 aliphatic carbocycles. The van der Waals surface area contributed by atoms with Crippen molar-refractivity contribution in [2.45, 2.75) is 13.8 Å². The van der Waals surface area contributed by atoms with E-state index in [-0.39, 0.29) is 21.9 Å². The van der Waals surface area contributed by atoms with Gasteiger partial charge in [0.15, 0.2) is 0 Å². The molecule has 3 nitrogen and oxygen atoms in total. The van der Waals surface area contributed by atoms with Crippen molar-refractivity contribution in [2.24, 2.45) is 11.7 Å². The van der Waals surface area contributed by atoms with E-state index < -0.39 is 5.82 Å². The predicted octanol–water partition coefficient (Wildman–Crippen LogP) is 2.97. The largest absolute Gasteiger partial charge is 0.393 e. The van der Waals surface area contributed by atoms with Crippen molar-refractivity contribution in [3.05, 3.63) is 34.1 Å². The van der Waals surface area contributed by atoms with Crippen LogP contribution in [0, 0.1) is 11.7 Å². The van der Waals surface area contributed by atoms with Crippen molar-refractivity contribution in [1.82, 2.24) is 4.90 Å². The van der Waals surface area contributed by atoms with E-state index in [2.05, 4.69) is 15.9 Å². The molecular formula is C13H16BrFN2OS. The van der Waals surface area contributed by atoms with E-state index >= 15 is 0 Å². The molecule has 1 atom stereocenters. The van der Waals surface area contributed by atoms with Crippen LogP contribution in [0.3, 0.4) is 0 Å². The van der Waals surface area contributed by atoms with E-state index in [1.165, 1.54) is 11.0 Å². The average molecular weight is 347 g/mol. The number of nitrogens with zero attached hydrogens (tertiary/aromatic N) is 1. The first-order valence-corrected chi connectivity index (χ1v) is 7.11. The van der Waals surface area contributed by atoms with Gasteiger partial charge in [0, 0.05) is 19.0 Å². The molecule has 1 amide bonds. The highest BCUT2D eigenvalue weighted by atomic mass is 79.9. The Balaban J connectivity index is 2.96. The maximum atomic E-state index is 13.9. The maximum absolute atomic E-state index is 13.9. The van der Waals surface area contributed by atoms with Crippen molar-refractivity contribution in [2.75, 3.05) is 13.1 Å². The maximum Gasteiger partial charge on any atom is 0.256 e. The van der Waals surface area contributed by atoms with Crippen molar-refractivity contribution >= 4 is 39.0 Å². The van der Waals surface area contributed by atoms with E-state index in [4.69, 9.17) is 18.0 Å². The van der Waals surface area contributed by atoms with Gasteiger partial charge in [-0.15, -0.1) is 0 Å². The molecule has 1 aromatic carbocycles. The molecule has 2 N–H and O–H groups in total. The van der Waals surface area contributed by atoms with Gasteiger partial charge in [-0.3, -0.25) is 4.79 Å². The summed E-state index contributed by atoms with van der Waals surface area (Å²) >= 11 is 7.97. The van der Waals surface area contributed by atoms with Gasteiger partial charge in [-0.2, -0.15) is 0 Å². The summed E-state index contributed by atoms with van der Waals surface area (Å²) in [7, 11) is 0. The van der Waals surface area contributed by atoms with Crippen LogP contribution in [-0.2, 0) is 0 Å². The average Bonchev–Trinajstić information content (AvgIpc) is 2.38. The lowest BCUT2D eigenvalue weighted by molar-refractivity contribution is 0.0750. The third kappa shape index (κ3) is 3.98. The summed E-state index contributed by atoms with van der Waals surface area (Å²) in [6.07, 6.45) is 0. The van der Waals surface area contributed by atoms with E-state index in [0.717, 1.165) is 0 Å². The lowest BCUT2D eigenvalue weighted by Crippen LogP contribution is -2.38. The van der Waals surface area contributed by atoms with Gasteiger partial charge in [-0.05, 0) is 35.0 Å². The van der Waals surface area contributed by atoms with Crippen LogP contribution in [0.25, 0.3) is 0 Å². The minimum atomic E-state index is -0.547. The van der Waals surface area contributed by atoms with Crippen molar-refractivity contribution < 1.29 is 9.18 Å². The molecule has 19 heavy (non-hydrogen) atoms. The van der Waals surface area contributed by atoms with Gasteiger partial charge in [0.1, 0.15) is 5.82 Å². The second-order valence-corrected chi connectivity index (χ2v) is 5.57. The van der Waals surface area contributed by atoms with E-state index in [1.54, 1.807) is 12.1 Å². The van der Waals surface area contributed by atoms with Gasteiger partial charge < -0.3 is 10.6 Å². The zero-order chi connectivity index (χ0) is 14.6. The smallest absolute Gasteiger partial charge is 0.256 e. The fourth-order valence-corrected chi connectivity index (χ4v) is 2.06. The summed E-state index contributed by atoms with van der Waals surface area (Å²) in [4.78, 5) is 14.2. The van der Waals surface area contributed by atoms with Gasteiger partial charge >= 0.3 is 0 Å². The molecule has 1 unspecified atom stereocenters. The van der Waals surface area contributed by atoms with Crippen LogP contribution in [-0.4, -0.2) is 28.9 Å². The van der Waals surface area contributed by atoms with Gasteiger partial charge in [0.2, 0.25) is 0 Å². The molecule has 0 saturated carbocycles. The van der Waals surface area contributed by atoms with Crippen molar-refractivity contribution in [3.8, 4) is 0 Å². The number of carbonyl (C=O) groups excluding carboxylic acids is 1. The Hall–Kier alpha value is -1.01. The molecule has 0 aromatic heterocycles. The normalized spacial score (nSPS) is 12.0. The number of thiocarbonyl (C=S) groups is 1. The Kier molecular flexibility index (Phi) is 5.87. The van der Waals surface area contributed by atoms with Gasteiger partial charge in [0.25, 0.3) is 5.91 Å². The van der Waals surface area contributed by atoms with Crippen molar-refractivity contribution in [3.63, 3.8) is 0 Å². The summed E-state index contributed by atoms with van der Waals surface area (Å²) in [5, 5.41) is 0. The van der Waals surface area contributed by atoms with E-state index in [9.17, 15) is 9.18 Å². The quantitative estimate of drug-likeness (QED) is 0.833. The first-order chi connectivity index (χ1) is 8.88. The van der Waals surface area contributed by atoms with Crippen LogP contribution in [0.2, 0.25) is 0 Å². The number of hydrogen-bond acceptors (Lipinski definition) is 2. The molecule has 1 aromatic rings. The second kappa shape index (κ2) is 6.96. The Morgan fingerprint density at radius 1 is 1.58 bits per heavy atom. The number of benzene rings is 1. The number of nitrogens with two attached hydrogens (primary N) is 1. The first kappa shape index (κ1) is 16.0. The lowest BCUT2D eigenvalue weighted by atomic mass is 10.1. The zero-order valence-electron chi connectivity index (χ0n) is 10.8. The van der Waals surface area contributed by atoms with Crippen LogP contribution in [0.15, 0.2) is 22.7 Å². The Morgan fingerprint density at radius 2 is 2.21 bits per heavy atom. The SMILES string of the molecule is CCN(CC(C)C(N)=S)C(=O)c1cccc(Br)c1F. The van der Waals surface area contributed by atoms with Crippen LogP contribution in [0.5, 0.6) is 0 Å². The van der Waals surface area contributed by atoms with Crippen LogP contribution < -0.4 is 5.73 Å². The van der Waals surface area contributed by atoms with E-state index in [1.807, 2.05) is 13.8 Å². The van der Waals surface area contributed by atoms with Crippen LogP contribution in [0.4, 0.5) is 4.39 Å². The number of amides is 1. The fourth-order valence-electron chi connectivity index (χ4n) is 1.62.